The van der Waals surface area contributed by atoms with Crippen LogP contribution in [0.15, 0.2) is 84.4 Å². The van der Waals surface area contributed by atoms with Gasteiger partial charge in [-0.1, -0.05) is 60.2 Å². The molecule has 1 unspecified atom stereocenters. The van der Waals surface area contributed by atoms with Gasteiger partial charge in [-0.15, -0.1) is 0 Å². The number of nitrogens with zero attached hydrogens (tertiary/aromatic N) is 1. The zero-order chi connectivity index (χ0) is 21.3. The Balaban J connectivity index is 1.92. The van der Waals surface area contributed by atoms with Crippen LogP contribution in [-0.4, -0.2) is 23.9 Å². The molecule has 0 saturated carbocycles. The minimum Gasteiger partial charge on any atom is -0.507 e. The molecule has 150 valence electrons. The van der Waals surface area contributed by atoms with E-state index >= 15 is 0 Å². The summed E-state index contributed by atoms with van der Waals surface area (Å²) in [6.45, 7) is 1.95. The third-order valence-electron chi connectivity index (χ3n) is 5.24. The number of Topliss-reactive ketones (excluding diaryl/α,β-unsaturated/α-hetero) is 1. The molecule has 0 bridgehead atoms. The average molecular weight is 399 g/mol. The smallest absolute Gasteiger partial charge is 0.300 e. The molecule has 1 aliphatic rings. The molecule has 1 fully saturated rings. The lowest BCUT2D eigenvalue weighted by Crippen LogP contribution is -2.29. The van der Waals surface area contributed by atoms with E-state index in [-0.39, 0.29) is 11.3 Å². The first-order valence-electron chi connectivity index (χ1n) is 9.58. The fourth-order valence-corrected chi connectivity index (χ4v) is 3.66. The van der Waals surface area contributed by atoms with E-state index in [1.807, 2.05) is 25.1 Å². The largest absolute Gasteiger partial charge is 0.507 e. The first kappa shape index (κ1) is 19.5. The van der Waals surface area contributed by atoms with Gasteiger partial charge in [0.1, 0.15) is 11.5 Å². The molecule has 0 aromatic heterocycles. The predicted octanol–water partition coefficient (Wildman–Crippen LogP) is 4.63. The van der Waals surface area contributed by atoms with E-state index in [4.69, 9.17) is 4.74 Å². The van der Waals surface area contributed by atoms with Gasteiger partial charge >= 0.3 is 0 Å². The number of hydrogen-bond donors (Lipinski definition) is 1. The topological polar surface area (TPSA) is 66.8 Å². The Morgan fingerprint density at radius 1 is 0.900 bits per heavy atom. The van der Waals surface area contributed by atoms with Gasteiger partial charge in [-0.25, -0.2) is 0 Å². The van der Waals surface area contributed by atoms with Crippen molar-refractivity contribution in [2.75, 3.05) is 12.0 Å². The minimum absolute atomic E-state index is 0.0666. The number of anilines is 1. The van der Waals surface area contributed by atoms with Crippen LogP contribution in [0.3, 0.4) is 0 Å². The van der Waals surface area contributed by atoms with E-state index in [2.05, 4.69) is 0 Å². The molecule has 4 rings (SSSR count). The Morgan fingerprint density at radius 2 is 1.53 bits per heavy atom. The van der Waals surface area contributed by atoms with Gasteiger partial charge in [0.2, 0.25) is 0 Å². The van der Waals surface area contributed by atoms with E-state index in [1.165, 1.54) is 4.90 Å². The summed E-state index contributed by atoms with van der Waals surface area (Å²) in [5.41, 5.74) is 2.89. The van der Waals surface area contributed by atoms with Gasteiger partial charge in [-0.3, -0.25) is 14.5 Å². The lowest BCUT2D eigenvalue weighted by Gasteiger charge is -2.25. The van der Waals surface area contributed by atoms with Gasteiger partial charge < -0.3 is 9.84 Å². The van der Waals surface area contributed by atoms with Crippen molar-refractivity contribution in [2.24, 2.45) is 0 Å². The number of ketones is 1. The van der Waals surface area contributed by atoms with Crippen LogP contribution in [0.5, 0.6) is 5.75 Å². The summed E-state index contributed by atoms with van der Waals surface area (Å²) in [5, 5.41) is 11.0. The Morgan fingerprint density at radius 3 is 2.13 bits per heavy atom. The SMILES string of the molecule is COc1ccc(C2/C(=C(\O)c3ccccc3)C(=O)C(=O)N2c2ccc(C)cc2)cc1. The number of methoxy groups -OCH3 is 1. The van der Waals surface area contributed by atoms with E-state index in [9.17, 15) is 14.7 Å². The van der Waals surface area contributed by atoms with Gasteiger partial charge in [0.25, 0.3) is 11.7 Å². The molecule has 1 atom stereocenters. The number of aryl methyl sites for hydroxylation is 1. The molecule has 5 heteroatoms. The summed E-state index contributed by atoms with van der Waals surface area (Å²) in [6, 6.07) is 22.6. The number of aliphatic hydroxyl groups excluding tert-OH is 1. The summed E-state index contributed by atoms with van der Waals surface area (Å²) in [6.07, 6.45) is 0. The van der Waals surface area contributed by atoms with E-state index in [0.717, 1.165) is 5.56 Å². The summed E-state index contributed by atoms with van der Waals surface area (Å²) in [7, 11) is 1.57. The molecule has 1 heterocycles. The highest BCUT2D eigenvalue weighted by atomic mass is 16.5. The second-order valence-electron chi connectivity index (χ2n) is 7.14. The average Bonchev–Trinajstić information content (AvgIpc) is 3.05. The number of ether oxygens (including phenoxy) is 1. The summed E-state index contributed by atoms with van der Waals surface area (Å²) in [4.78, 5) is 27.5. The van der Waals surface area contributed by atoms with Crippen molar-refractivity contribution < 1.29 is 19.4 Å². The molecular weight excluding hydrogens is 378 g/mol. The Labute approximate surface area is 174 Å². The van der Waals surface area contributed by atoms with E-state index < -0.39 is 17.7 Å². The molecule has 3 aromatic carbocycles. The second-order valence-corrected chi connectivity index (χ2v) is 7.14. The normalized spacial score (nSPS) is 17.9. The first-order chi connectivity index (χ1) is 14.5. The van der Waals surface area contributed by atoms with Gasteiger partial charge in [-0.05, 0) is 36.8 Å². The highest BCUT2D eigenvalue weighted by Gasteiger charge is 2.46. The molecule has 0 radical (unpaired) electrons. The zero-order valence-electron chi connectivity index (χ0n) is 16.7. The maximum absolute atomic E-state index is 13.1. The Kier molecular flexibility index (Phi) is 5.11. The Bertz CT molecular complexity index is 1120. The molecule has 0 aliphatic carbocycles. The quantitative estimate of drug-likeness (QED) is 0.395. The van der Waals surface area contributed by atoms with Crippen molar-refractivity contribution >= 4 is 23.1 Å². The Hall–Kier alpha value is -3.86. The monoisotopic (exact) mass is 399 g/mol. The second kappa shape index (κ2) is 7.87. The third-order valence-corrected chi connectivity index (χ3v) is 5.24. The van der Waals surface area contributed by atoms with Gasteiger partial charge in [-0.2, -0.15) is 0 Å². The van der Waals surface area contributed by atoms with Crippen LogP contribution >= 0.6 is 0 Å². The maximum atomic E-state index is 13.1. The molecule has 1 aliphatic heterocycles. The molecule has 0 spiro atoms. The molecule has 1 amide bonds. The molecular formula is C25H21NO4. The fourth-order valence-electron chi connectivity index (χ4n) is 3.66. The molecule has 1 N–H and O–H groups in total. The van der Waals surface area contributed by atoms with E-state index in [0.29, 0.717) is 22.6 Å². The van der Waals surface area contributed by atoms with Crippen LogP contribution in [0.25, 0.3) is 5.76 Å². The predicted molar refractivity (Wildman–Crippen MR) is 115 cm³/mol. The highest BCUT2D eigenvalue weighted by Crippen LogP contribution is 2.42. The zero-order valence-corrected chi connectivity index (χ0v) is 16.7. The molecule has 1 saturated heterocycles. The van der Waals surface area contributed by atoms with Gasteiger partial charge in [0, 0.05) is 11.3 Å². The number of aliphatic hydroxyl groups is 1. The first-order valence-corrected chi connectivity index (χ1v) is 9.58. The van der Waals surface area contributed by atoms with Crippen LogP contribution in [0.1, 0.15) is 22.7 Å². The van der Waals surface area contributed by atoms with Gasteiger partial charge in [0.15, 0.2) is 0 Å². The van der Waals surface area contributed by atoms with Crippen molar-refractivity contribution in [3.05, 3.63) is 101 Å². The van der Waals surface area contributed by atoms with Crippen LogP contribution in [0, 0.1) is 6.92 Å². The highest BCUT2D eigenvalue weighted by molar-refractivity contribution is 6.51. The van der Waals surface area contributed by atoms with Crippen molar-refractivity contribution in [3.8, 4) is 5.75 Å². The van der Waals surface area contributed by atoms with Gasteiger partial charge in [0.05, 0.1) is 18.7 Å². The standard InChI is InChI=1S/C25H21NO4/c1-16-8-12-19(13-9-16)26-22(17-10-14-20(30-2)15-11-17)21(24(28)25(26)29)23(27)18-6-4-3-5-7-18/h3-15,22,27H,1-2H3/b23-21+. The molecule has 30 heavy (non-hydrogen) atoms. The van der Waals surface area contributed by atoms with Crippen molar-refractivity contribution in [1.82, 2.24) is 0 Å². The van der Waals surface area contributed by atoms with Crippen LogP contribution in [0.2, 0.25) is 0 Å². The minimum atomic E-state index is -0.751. The number of carbonyl (C=O) groups is 2. The number of amides is 1. The number of carbonyl (C=O) groups excluding carboxylic acids is 2. The van der Waals surface area contributed by atoms with Crippen LogP contribution in [-0.2, 0) is 9.59 Å². The van der Waals surface area contributed by atoms with Crippen molar-refractivity contribution in [2.45, 2.75) is 13.0 Å². The number of rotatable bonds is 4. The summed E-state index contributed by atoms with van der Waals surface area (Å²) >= 11 is 0. The van der Waals surface area contributed by atoms with E-state index in [1.54, 1.807) is 67.8 Å². The number of benzene rings is 3. The van der Waals surface area contributed by atoms with Crippen LogP contribution in [0.4, 0.5) is 5.69 Å². The maximum Gasteiger partial charge on any atom is 0.300 e. The molecule has 5 nitrogen and oxygen atoms in total. The van der Waals surface area contributed by atoms with Crippen LogP contribution < -0.4 is 9.64 Å². The lowest BCUT2D eigenvalue weighted by molar-refractivity contribution is -0.132. The number of hydrogen-bond acceptors (Lipinski definition) is 4. The van der Waals surface area contributed by atoms with Crippen molar-refractivity contribution in [3.63, 3.8) is 0 Å². The summed E-state index contributed by atoms with van der Waals surface area (Å²) < 4.78 is 5.23. The summed E-state index contributed by atoms with van der Waals surface area (Å²) in [5.74, 6) is -0.909. The third kappa shape index (κ3) is 3.35. The lowest BCUT2D eigenvalue weighted by atomic mass is 9.95. The fraction of sp³-hybridized carbons (Fsp3) is 0.120. The molecule has 3 aromatic rings. The van der Waals surface area contributed by atoms with Crippen molar-refractivity contribution in [1.29, 1.82) is 0 Å².